The third-order valence-electron chi connectivity index (χ3n) is 3.17. The number of sulfonamides is 1. The maximum absolute atomic E-state index is 12.1. The highest BCUT2D eigenvalue weighted by Crippen LogP contribution is 2.15. The Labute approximate surface area is 102 Å². The van der Waals surface area contributed by atoms with Gasteiger partial charge in [-0.1, -0.05) is 6.07 Å². The van der Waals surface area contributed by atoms with Crippen LogP contribution < -0.4 is 10.0 Å². The van der Waals surface area contributed by atoms with Crippen molar-refractivity contribution >= 4 is 10.0 Å². The van der Waals surface area contributed by atoms with Crippen LogP contribution in [0.15, 0.2) is 23.1 Å². The molecule has 2 rings (SSSR count). The summed E-state index contributed by atoms with van der Waals surface area (Å²) in [5.74, 6) is 0. The molecule has 1 aromatic carbocycles. The smallest absolute Gasteiger partial charge is 0.240 e. The summed E-state index contributed by atoms with van der Waals surface area (Å²) < 4.78 is 27.0. The molecule has 1 saturated heterocycles. The van der Waals surface area contributed by atoms with Gasteiger partial charge in [0.2, 0.25) is 10.0 Å². The second-order valence-electron chi connectivity index (χ2n) is 4.56. The number of aryl methyl sites for hydroxylation is 2. The average molecular weight is 254 g/mol. The Morgan fingerprint density at radius 1 is 1.29 bits per heavy atom. The van der Waals surface area contributed by atoms with Crippen LogP contribution in [0.3, 0.4) is 0 Å². The molecule has 0 spiro atoms. The van der Waals surface area contributed by atoms with Gasteiger partial charge >= 0.3 is 0 Å². The van der Waals surface area contributed by atoms with E-state index in [4.69, 9.17) is 0 Å². The van der Waals surface area contributed by atoms with Gasteiger partial charge in [0.25, 0.3) is 0 Å². The van der Waals surface area contributed by atoms with Gasteiger partial charge in [0.1, 0.15) is 0 Å². The van der Waals surface area contributed by atoms with Crippen LogP contribution in [0.2, 0.25) is 0 Å². The van der Waals surface area contributed by atoms with E-state index in [0.29, 0.717) is 11.4 Å². The number of hydrogen-bond donors (Lipinski definition) is 2. The summed E-state index contributed by atoms with van der Waals surface area (Å²) in [6.45, 7) is 5.48. The van der Waals surface area contributed by atoms with Gasteiger partial charge in [0.05, 0.1) is 4.90 Å². The van der Waals surface area contributed by atoms with Gasteiger partial charge in [-0.05, 0) is 50.1 Å². The minimum absolute atomic E-state index is 0.0154. The van der Waals surface area contributed by atoms with Crippen molar-refractivity contribution in [2.75, 3.05) is 13.1 Å². The van der Waals surface area contributed by atoms with Gasteiger partial charge in [-0.2, -0.15) is 0 Å². The molecule has 94 valence electrons. The van der Waals surface area contributed by atoms with Crippen LogP contribution in [-0.2, 0) is 10.0 Å². The Morgan fingerprint density at radius 2 is 2.06 bits per heavy atom. The molecule has 4 nitrogen and oxygen atoms in total. The van der Waals surface area contributed by atoms with Crippen molar-refractivity contribution in [3.05, 3.63) is 29.3 Å². The molecule has 0 radical (unpaired) electrons. The molecule has 0 unspecified atom stereocenters. The van der Waals surface area contributed by atoms with E-state index in [2.05, 4.69) is 10.0 Å². The third-order valence-corrected chi connectivity index (χ3v) is 4.69. The zero-order chi connectivity index (χ0) is 12.5. The van der Waals surface area contributed by atoms with E-state index in [1.807, 2.05) is 19.9 Å². The summed E-state index contributed by atoms with van der Waals surface area (Å²) in [5.41, 5.74) is 2.10. The van der Waals surface area contributed by atoms with Gasteiger partial charge in [-0.3, -0.25) is 0 Å². The van der Waals surface area contributed by atoms with Crippen molar-refractivity contribution in [2.24, 2.45) is 0 Å². The number of benzene rings is 1. The molecule has 2 N–H and O–H groups in total. The van der Waals surface area contributed by atoms with Crippen molar-refractivity contribution in [2.45, 2.75) is 31.2 Å². The van der Waals surface area contributed by atoms with Crippen LogP contribution in [0.4, 0.5) is 0 Å². The minimum atomic E-state index is -3.37. The Balaban J connectivity index is 2.21. The van der Waals surface area contributed by atoms with E-state index in [0.717, 1.165) is 24.1 Å². The predicted octanol–water partition coefficient (Wildman–Crippen LogP) is 0.944. The normalized spacial score (nSPS) is 20.7. The first kappa shape index (κ1) is 12.5. The fourth-order valence-corrected chi connectivity index (χ4v) is 3.28. The summed E-state index contributed by atoms with van der Waals surface area (Å²) in [6, 6.07) is 5.24. The molecule has 0 aromatic heterocycles. The van der Waals surface area contributed by atoms with E-state index in [1.165, 1.54) is 0 Å². The Morgan fingerprint density at radius 3 is 2.65 bits per heavy atom. The molecular formula is C12H18N2O2S. The highest BCUT2D eigenvalue weighted by Gasteiger charge is 2.22. The fraction of sp³-hybridized carbons (Fsp3) is 0.500. The van der Waals surface area contributed by atoms with Crippen LogP contribution in [0.5, 0.6) is 0 Å². The van der Waals surface area contributed by atoms with Crippen LogP contribution >= 0.6 is 0 Å². The first-order valence-corrected chi connectivity index (χ1v) is 7.28. The lowest BCUT2D eigenvalue weighted by Crippen LogP contribution is -2.36. The molecule has 5 heteroatoms. The zero-order valence-electron chi connectivity index (χ0n) is 10.2. The maximum atomic E-state index is 12.1. The van der Waals surface area contributed by atoms with Gasteiger partial charge in [-0.25, -0.2) is 13.1 Å². The Bertz CT molecular complexity index is 505. The number of rotatable bonds is 3. The fourth-order valence-electron chi connectivity index (χ4n) is 1.92. The van der Waals surface area contributed by atoms with Crippen molar-refractivity contribution in [1.82, 2.24) is 10.0 Å². The van der Waals surface area contributed by atoms with E-state index in [1.54, 1.807) is 12.1 Å². The highest BCUT2D eigenvalue weighted by atomic mass is 32.2. The lowest BCUT2D eigenvalue weighted by Gasteiger charge is -2.12. The van der Waals surface area contributed by atoms with Gasteiger partial charge in [0.15, 0.2) is 0 Å². The van der Waals surface area contributed by atoms with Crippen LogP contribution in [-0.4, -0.2) is 27.5 Å². The second kappa shape index (κ2) is 4.76. The molecule has 0 aliphatic carbocycles. The standard InChI is InChI=1S/C12H18N2O2S/c1-9-3-4-12(7-10(9)2)17(15,16)14-11-5-6-13-8-11/h3-4,7,11,13-14H,5-6,8H2,1-2H3/t11-/m0/s1. The summed E-state index contributed by atoms with van der Waals surface area (Å²) >= 11 is 0. The lowest BCUT2D eigenvalue weighted by atomic mass is 10.1. The molecule has 1 heterocycles. The maximum Gasteiger partial charge on any atom is 0.240 e. The van der Waals surface area contributed by atoms with E-state index in [-0.39, 0.29) is 6.04 Å². The lowest BCUT2D eigenvalue weighted by molar-refractivity contribution is 0.560. The average Bonchev–Trinajstić information content (AvgIpc) is 2.73. The zero-order valence-corrected chi connectivity index (χ0v) is 11.0. The molecular weight excluding hydrogens is 236 g/mol. The first-order chi connectivity index (χ1) is 7.99. The SMILES string of the molecule is Cc1ccc(S(=O)(=O)N[C@H]2CCNC2)cc1C. The van der Waals surface area contributed by atoms with Gasteiger partial charge < -0.3 is 5.32 Å². The van der Waals surface area contributed by atoms with Crippen LogP contribution in [0.25, 0.3) is 0 Å². The van der Waals surface area contributed by atoms with Crippen molar-refractivity contribution in [3.8, 4) is 0 Å². The molecule has 1 aromatic rings. The molecule has 1 aliphatic heterocycles. The van der Waals surface area contributed by atoms with Crippen molar-refractivity contribution in [3.63, 3.8) is 0 Å². The largest absolute Gasteiger partial charge is 0.315 e. The Hall–Kier alpha value is -0.910. The second-order valence-corrected chi connectivity index (χ2v) is 6.27. The predicted molar refractivity (Wildman–Crippen MR) is 67.5 cm³/mol. The quantitative estimate of drug-likeness (QED) is 0.844. The van der Waals surface area contributed by atoms with Crippen molar-refractivity contribution in [1.29, 1.82) is 0 Å². The molecule has 1 aliphatic rings. The summed E-state index contributed by atoms with van der Waals surface area (Å²) in [7, 11) is -3.37. The van der Waals surface area contributed by atoms with Crippen LogP contribution in [0, 0.1) is 13.8 Å². The molecule has 17 heavy (non-hydrogen) atoms. The molecule has 0 saturated carbocycles. The monoisotopic (exact) mass is 254 g/mol. The summed E-state index contributed by atoms with van der Waals surface area (Å²) in [4.78, 5) is 0.354. The molecule has 1 fully saturated rings. The number of nitrogens with one attached hydrogen (secondary N) is 2. The van der Waals surface area contributed by atoms with Gasteiger partial charge in [0, 0.05) is 12.6 Å². The summed E-state index contributed by atoms with van der Waals surface area (Å²) in [5, 5.41) is 3.14. The molecule has 1 atom stereocenters. The minimum Gasteiger partial charge on any atom is -0.315 e. The third kappa shape index (κ3) is 2.86. The number of hydrogen-bond acceptors (Lipinski definition) is 3. The molecule has 0 bridgehead atoms. The Kier molecular flexibility index (Phi) is 3.51. The van der Waals surface area contributed by atoms with E-state index in [9.17, 15) is 8.42 Å². The first-order valence-electron chi connectivity index (χ1n) is 5.79. The highest BCUT2D eigenvalue weighted by molar-refractivity contribution is 7.89. The van der Waals surface area contributed by atoms with E-state index >= 15 is 0 Å². The van der Waals surface area contributed by atoms with Crippen LogP contribution in [0.1, 0.15) is 17.5 Å². The topological polar surface area (TPSA) is 58.2 Å². The van der Waals surface area contributed by atoms with Crippen molar-refractivity contribution < 1.29 is 8.42 Å². The van der Waals surface area contributed by atoms with Gasteiger partial charge in [-0.15, -0.1) is 0 Å². The van der Waals surface area contributed by atoms with E-state index < -0.39 is 10.0 Å². The molecule has 0 amide bonds. The summed E-state index contributed by atoms with van der Waals surface area (Å²) in [6.07, 6.45) is 0.851.